The van der Waals surface area contributed by atoms with Crippen LogP contribution in [0, 0.1) is 18.2 Å². The van der Waals surface area contributed by atoms with Gasteiger partial charge in [0.05, 0.1) is 10.5 Å². The Kier molecular flexibility index (Phi) is 6.22. The SMILES string of the molecule is Cc1c(Sc2ccc(F)cc2S(=O)(=O)N2CCCC2)c2c(n1CC(=O)O)CC(C)(C)CC2=O. The fourth-order valence-electron chi connectivity index (χ4n) is 4.70. The zero-order chi connectivity index (χ0) is 24.1. The first kappa shape index (κ1) is 24.0. The van der Waals surface area contributed by atoms with Crippen LogP contribution in [0.1, 0.15) is 54.9 Å². The molecule has 4 rings (SSSR count). The number of carboxylic acids is 1. The molecule has 0 spiro atoms. The third kappa shape index (κ3) is 4.48. The van der Waals surface area contributed by atoms with E-state index in [-0.39, 0.29) is 22.6 Å². The number of sulfonamides is 1. The normalized spacial score (nSPS) is 18.5. The Morgan fingerprint density at radius 3 is 2.52 bits per heavy atom. The van der Waals surface area contributed by atoms with Crippen LogP contribution in [0.5, 0.6) is 0 Å². The lowest BCUT2D eigenvalue weighted by molar-refractivity contribution is -0.137. The first-order chi connectivity index (χ1) is 15.4. The Balaban J connectivity index is 1.85. The molecule has 0 atom stereocenters. The largest absolute Gasteiger partial charge is 0.480 e. The van der Waals surface area contributed by atoms with E-state index in [9.17, 15) is 27.5 Å². The second-order valence-corrected chi connectivity index (χ2v) is 12.4. The van der Waals surface area contributed by atoms with Crippen molar-refractivity contribution in [2.24, 2.45) is 5.41 Å². The first-order valence-corrected chi connectivity index (χ1v) is 13.1. The molecule has 178 valence electrons. The first-order valence-electron chi connectivity index (χ1n) is 10.9. The summed E-state index contributed by atoms with van der Waals surface area (Å²) in [7, 11) is -3.90. The van der Waals surface area contributed by atoms with Crippen molar-refractivity contribution >= 4 is 33.5 Å². The molecule has 0 amide bonds. The number of halogens is 1. The van der Waals surface area contributed by atoms with Gasteiger partial charge in [-0.3, -0.25) is 9.59 Å². The number of aromatic nitrogens is 1. The van der Waals surface area contributed by atoms with E-state index < -0.39 is 21.8 Å². The number of aliphatic carboxylic acids is 1. The molecule has 1 aliphatic carbocycles. The molecular formula is C23H27FN2O5S2. The summed E-state index contributed by atoms with van der Waals surface area (Å²) < 4.78 is 43.7. The van der Waals surface area contributed by atoms with Crippen LogP contribution < -0.4 is 0 Å². The summed E-state index contributed by atoms with van der Waals surface area (Å²) in [6.45, 7) is 6.16. The highest BCUT2D eigenvalue weighted by atomic mass is 32.2. The zero-order valence-corrected chi connectivity index (χ0v) is 20.5. The summed E-state index contributed by atoms with van der Waals surface area (Å²) in [5.41, 5.74) is 1.39. The Labute approximate surface area is 197 Å². The number of fused-ring (bicyclic) bond motifs is 1. The summed E-state index contributed by atoms with van der Waals surface area (Å²) in [6.07, 6.45) is 2.36. The standard InChI is InChI=1S/C23H27FN2O5S2/c1-14-22(21-16(26(14)13-20(28)29)11-23(2,3)12-17(21)27)32-18-7-6-15(24)10-19(18)33(30,31)25-8-4-5-9-25/h6-7,10H,4-5,8-9,11-13H2,1-3H3,(H,28,29). The smallest absolute Gasteiger partial charge is 0.323 e. The fourth-order valence-corrected chi connectivity index (χ4v) is 7.85. The molecule has 7 nitrogen and oxygen atoms in total. The highest BCUT2D eigenvalue weighted by molar-refractivity contribution is 8.00. The number of benzene rings is 1. The molecule has 1 N–H and O–H groups in total. The number of hydrogen-bond donors (Lipinski definition) is 1. The molecule has 2 aromatic rings. The average Bonchev–Trinajstić information content (AvgIpc) is 3.32. The number of carbonyl (C=O) groups excluding carboxylic acids is 1. The Hall–Kier alpha value is -2.17. The monoisotopic (exact) mass is 494 g/mol. The Bertz CT molecular complexity index is 1240. The second-order valence-electron chi connectivity index (χ2n) is 9.46. The van der Waals surface area contributed by atoms with Crippen LogP contribution >= 0.6 is 11.8 Å². The van der Waals surface area contributed by atoms with Crippen molar-refractivity contribution in [1.82, 2.24) is 8.87 Å². The number of nitrogens with zero attached hydrogens (tertiary/aromatic N) is 2. The van der Waals surface area contributed by atoms with Crippen molar-refractivity contribution in [2.75, 3.05) is 13.1 Å². The molecule has 1 aromatic heterocycles. The Morgan fingerprint density at radius 2 is 1.88 bits per heavy atom. The van der Waals surface area contributed by atoms with Crippen molar-refractivity contribution in [2.45, 2.75) is 67.7 Å². The van der Waals surface area contributed by atoms with Gasteiger partial charge in [0, 0.05) is 40.7 Å². The summed E-state index contributed by atoms with van der Waals surface area (Å²) in [6, 6.07) is 3.64. The molecular weight excluding hydrogens is 467 g/mol. The predicted octanol–water partition coefficient (Wildman–Crippen LogP) is 4.11. The van der Waals surface area contributed by atoms with Gasteiger partial charge in [-0.1, -0.05) is 25.6 Å². The molecule has 0 saturated carbocycles. The van der Waals surface area contributed by atoms with E-state index in [1.54, 1.807) is 11.5 Å². The number of Topliss-reactive ketones (excluding diaryl/α,β-unsaturated/α-hetero) is 1. The van der Waals surface area contributed by atoms with Crippen molar-refractivity contribution in [3.63, 3.8) is 0 Å². The van der Waals surface area contributed by atoms with Crippen LogP contribution in [0.2, 0.25) is 0 Å². The van der Waals surface area contributed by atoms with E-state index in [4.69, 9.17) is 0 Å². The molecule has 1 aliphatic heterocycles. The van der Waals surface area contributed by atoms with Crippen molar-refractivity contribution in [3.8, 4) is 0 Å². The van der Waals surface area contributed by atoms with Crippen molar-refractivity contribution in [1.29, 1.82) is 0 Å². The predicted molar refractivity (Wildman–Crippen MR) is 122 cm³/mol. The maximum absolute atomic E-state index is 14.1. The molecule has 0 bridgehead atoms. The molecule has 2 heterocycles. The minimum Gasteiger partial charge on any atom is -0.480 e. The highest BCUT2D eigenvalue weighted by Crippen LogP contribution is 2.45. The van der Waals surface area contributed by atoms with Crippen LogP contribution in [0.4, 0.5) is 4.39 Å². The fraction of sp³-hybridized carbons (Fsp3) is 0.478. The topological polar surface area (TPSA) is 96.7 Å². The van der Waals surface area contributed by atoms with Crippen molar-refractivity contribution in [3.05, 3.63) is 41.0 Å². The second kappa shape index (κ2) is 8.56. The minimum absolute atomic E-state index is 0.0953. The summed E-state index contributed by atoms with van der Waals surface area (Å²) >= 11 is 1.09. The molecule has 0 radical (unpaired) electrons. The maximum Gasteiger partial charge on any atom is 0.323 e. The number of carboxylic acid groups (broad SMARTS) is 1. The molecule has 10 heteroatoms. The molecule has 2 aliphatic rings. The third-order valence-electron chi connectivity index (χ3n) is 6.23. The van der Waals surface area contributed by atoms with E-state index in [0.717, 1.165) is 30.7 Å². The van der Waals surface area contributed by atoms with Gasteiger partial charge in [0.15, 0.2) is 5.78 Å². The number of ketones is 1. The lowest BCUT2D eigenvalue weighted by atomic mass is 9.76. The average molecular weight is 495 g/mol. The quantitative estimate of drug-likeness (QED) is 0.649. The van der Waals surface area contributed by atoms with E-state index in [0.29, 0.717) is 52.7 Å². The van der Waals surface area contributed by atoms with E-state index in [1.165, 1.54) is 16.4 Å². The molecule has 1 aromatic carbocycles. The number of hydrogen-bond acceptors (Lipinski definition) is 5. The lowest BCUT2D eigenvalue weighted by Gasteiger charge is -2.29. The molecule has 33 heavy (non-hydrogen) atoms. The summed E-state index contributed by atoms with van der Waals surface area (Å²) in [4.78, 5) is 25.4. The van der Waals surface area contributed by atoms with Crippen LogP contribution in [0.15, 0.2) is 32.9 Å². The molecule has 0 unspecified atom stereocenters. The van der Waals surface area contributed by atoms with Gasteiger partial charge >= 0.3 is 5.97 Å². The van der Waals surface area contributed by atoms with Gasteiger partial charge in [-0.15, -0.1) is 0 Å². The number of rotatable bonds is 6. The third-order valence-corrected chi connectivity index (χ3v) is 9.58. The minimum atomic E-state index is -3.90. The summed E-state index contributed by atoms with van der Waals surface area (Å²) in [5.74, 6) is -1.78. The lowest BCUT2D eigenvalue weighted by Crippen LogP contribution is -2.29. The van der Waals surface area contributed by atoms with Crippen LogP contribution in [-0.4, -0.2) is 47.2 Å². The van der Waals surface area contributed by atoms with Gasteiger partial charge in [0.25, 0.3) is 0 Å². The van der Waals surface area contributed by atoms with Gasteiger partial charge in [0.1, 0.15) is 12.4 Å². The van der Waals surface area contributed by atoms with E-state index in [1.807, 2.05) is 13.8 Å². The van der Waals surface area contributed by atoms with Crippen LogP contribution in [0.25, 0.3) is 0 Å². The van der Waals surface area contributed by atoms with Gasteiger partial charge in [-0.2, -0.15) is 4.31 Å². The van der Waals surface area contributed by atoms with Crippen molar-refractivity contribution < 1.29 is 27.5 Å². The van der Waals surface area contributed by atoms with Crippen LogP contribution in [-0.2, 0) is 27.8 Å². The summed E-state index contributed by atoms with van der Waals surface area (Å²) in [5, 5.41) is 9.45. The highest BCUT2D eigenvalue weighted by Gasteiger charge is 2.38. The van der Waals surface area contributed by atoms with E-state index >= 15 is 0 Å². The number of carbonyl (C=O) groups is 2. The maximum atomic E-state index is 14.1. The molecule has 1 saturated heterocycles. The molecule has 1 fully saturated rings. The van der Waals surface area contributed by atoms with Gasteiger partial charge in [-0.05, 0) is 49.8 Å². The zero-order valence-electron chi connectivity index (χ0n) is 18.9. The van der Waals surface area contributed by atoms with Crippen LogP contribution in [0.3, 0.4) is 0 Å². The van der Waals surface area contributed by atoms with Gasteiger partial charge < -0.3 is 9.67 Å². The Morgan fingerprint density at radius 1 is 1.21 bits per heavy atom. The van der Waals surface area contributed by atoms with Gasteiger partial charge in [0.2, 0.25) is 10.0 Å². The van der Waals surface area contributed by atoms with Gasteiger partial charge in [-0.25, -0.2) is 12.8 Å². The van der Waals surface area contributed by atoms with E-state index in [2.05, 4.69) is 0 Å².